The molecule has 30 heavy (non-hydrogen) atoms. The van der Waals surface area contributed by atoms with Gasteiger partial charge in [0, 0.05) is 18.4 Å². The van der Waals surface area contributed by atoms with Crippen LogP contribution in [0.15, 0.2) is 48.5 Å². The molecule has 0 saturated heterocycles. The molecule has 0 heterocycles. The quantitative estimate of drug-likeness (QED) is 0.576. The Morgan fingerprint density at radius 3 is 2.27 bits per heavy atom. The molecule has 2 aromatic rings. The van der Waals surface area contributed by atoms with Crippen molar-refractivity contribution in [1.29, 1.82) is 0 Å². The second-order valence-corrected chi connectivity index (χ2v) is 7.46. The van der Waals surface area contributed by atoms with Crippen LogP contribution in [0.1, 0.15) is 23.5 Å². The number of carboxylic acid groups (broad SMARTS) is 1. The molecular formula is C22H22N2O6. The molecule has 8 heteroatoms. The summed E-state index contributed by atoms with van der Waals surface area (Å²) in [5.41, 5.74) is 6.73. The van der Waals surface area contributed by atoms with E-state index in [4.69, 9.17) is 9.84 Å². The highest BCUT2D eigenvalue weighted by molar-refractivity contribution is 5.81. The van der Waals surface area contributed by atoms with Gasteiger partial charge in [0.2, 0.25) is 5.91 Å². The van der Waals surface area contributed by atoms with E-state index in [1.54, 1.807) is 0 Å². The van der Waals surface area contributed by atoms with E-state index in [1.165, 1.54) is 11.1 Å². The van der Waals surface area contributed by atoms with E-state index in [0.29, 0.717) is 13.0 Å². The first-order valence-corrected chi connectivity index (χ1v) is 9.77. The van der Waals surface area contributed by atoms with Crippen molar-refractivity contribution in [3.8, 4) is 11.1 Å². The highest BCUT2D eigenvalue weighted by Crippen LogP contribution is 2.44. The number of aliphatic carboxylic acids is 1. The van der Waals surface area contributed by atoms with E-state index < -0.39 is 18.7 Å². The molecule has 1 saturated carbocycles. The summed E-state index contributed by atoms with van der Waals surface area (Å²) in [5, 5.41) is 11.2. The van der Waals surface area contributed by atoms with E-state index in [2.05, 4.69) is 39.9 Å². The second kappa shape index (κ2) is 8.54. The van der Waals surface area contributed by atoms with Crippen LogP contribution in [0.25, 0.3) is 11.1 Å². The number of rotatable bonds is 8. The summed E-state index contributed by atoms with van der Waals surface area (Å²) < 4.78 is 5.46. The molecule has 156 valence electrons. The Morgan fingerprint density at radius 1 is 1.00 bits per heavy atom. The fraction of sp³-hybridized carbons (Fsp3) is 0.318. The van der Waals surface area contributed by atoms with E-state index in [-0.39, 0.29) is 30.3 Å². The van der Waals surface area contributed by atoms with Crippen molar-refractivity contribution in [2.75, 3.05) is 19.8 Å². The third-order valence-electron chi connectivity index (χ3n) is 5.48. The second-order valence-electron chi connectivity index (χ2n) is 7.46. The maximum atomic E-state index is 12.2. The number of carbonyl (C=O) groups is 3. The highest BCUT2D eigenvalue weighted by Gasteiger charge is 2.43. The monoisotopic (exact) mass is 410 g/mol. The summed E-state index contributed by atoms with van der Waals surface area (Å²) in [4.78, 5) is 38.9. The van der Waals surface area contributed by atoms with Crippen LogP contribution in [0.2, 0.25) is 0 Å². The number of hydrogen-bond donors (Lipinski definition) is 3. The molecule has 2 aromatic carbocycles. The lowest BCUT2D eigenvalue weighted by Gasteiger charge is -2.14. The summed E-state index contributed by atoms with van der Waals surface area (Å²) in [6.45, 7) is -0.0493. The minimum absolute atomic E-state index is 0.00557. The maximum absolute atomic E-state index is 12.2. The molecule has 0 unspecified atom stereocenters. The zero-order chi connectivity index (χ0) is 21.1. The summed E-state index contributed by atoms with van der Waals surface area (Å²) in [5.74, 6) is -1.87. The number of nitrogens with one attached hydrogen (secondary N) is 2. The Bertz CT molecular complexity index is 930. The fourth-order valence-electron chi connectivity index (χ4n) is 3.90. The van der Waals surface area contributed by atoms with Crippen molar-refractivity contribution in [3.63, 3.8) is 0 Å². The Morgan fingerprint density at radius 2 is 1.63 bits per heavy atom. The predicted molar refractivity (Wildman–Crippen MR) is 106 cm³/mol. The zero-order valence-electron chi connectivity index (χ0n) is 16.2. The lowest BCUT2D eigenvalue weighted by atomic mass is 9.98. The van der Waals surface area contributed by atoms with Crippen molar-refractivity contribution in [2.45, 2.75) is 12.3 Å². The molecule has 0 spiro atoms. The van der Waals surface area contributed by atoms with E-state index in [1.807, 2.05) is 24.3 Å². The van der Waals surface area contributed by atoms with Gasteiger partial charge in [0.05, 0.1) is 0 Å². The Labute approximate surface area is 173 Å². The molecule has 4 rings (SSSR count). The van der Waals surface area contributed by atoms with Crippen LogP contribution in [0, 0.1) is 11.8 Å². The normalized spacial score (nSPS) is 18.8. The molecule has 8 nitrogen and oxygen atoms in total. The Kier molecular flexibility index (Phi) is 5.67. The van der Waals surface area contributed by atoms with Crippen molar-refractivity contribution in [2.24, 2.45) is 11.8 Å². The average molecular weight is 410 g/mol. The molecule has 1 fully saturated rings. The van der Waals surface area contributed by atoms with Gasteiger partial charge in [-0.25, -0.2) is 15.1 Å². The number of benzene rings is 2. The van der Waals surface area contributed by atoms with Crippen molar-refractivity contribution in [3.05, 3.63) is 59.7 Å². The molecule has 0 aliphatic heterocycles. The van der Waals surface area contributed by atoms with Crippen LogP contribution in [0.4, 0.5) is 4.79 Å². The largest absolute Gasteiger partial charge is 0.479 e. The summed E-state index contributed by atoms with van der Waals surface area (Å²) in [6.07, 6.45) is 0.0800. The standard InChI is InChI=1S/C22H22N2O6/c25-20(26)12-30-24-21(27)18-9-13(18)10-23-22(28)29-11-19-16-7-3-1-5-14(16)15-6-2-4-8-17(15)19/h1-8,13,18-19H,9-12H2,(H,23,28)(H,24,27)(H,25,26)/t13-,18-/m0/s1. The van der Waals surface area contributed by atoms with Crippen molar-refractivity contribution < 1.29 is 29.1 Å². The number of hydroxylamine groups is 1. The molecule has 0 radical (unpaired) electrons. The van der Waals surface area contributed by atoms with Gasteiger partial charge in [-0.2, -0.15) is 0 Å². The van der Waals surface area contributed by atoms with Crippen LogP contribution in [0.5, 0.6) is 0 Å². The number of hydrogen-bond acceptors (Lipinski definition) is 5. The topological polar surface area (TPSA) is 114 Å². The third-order valence-corrected chi connectivity index (χ3v) is 5.48. The summed E-state index contributed by atoms with van der Waals surface area (Å²) in [6, 6.07) is 16.2. The first kappa shape index (κ1) is 19.9. The lowest BCUT2D eigenvalue weighted by Crippen LogP contribution is -2.31. The molecule has 0 aromatic heterocycles. The van der Waals surface area contributed by atoms with Crippen molar-refractivity contribution in [1.82, 2.24) is 10.8 Å². The van der Waals surface area contributed by atoms with Gasteiger partial charge in [0.15, 0.2) is 6.61 Å². The Balaban J connectivity index is 1.24. The van der Waals surface area contributed by atoms with Gasteiger partial charge in [-0.15, -0.1) is 0 Å². The lowest BCUT2D eigenvalue weighted by molar-refractivity contribution is -0.149. The van der Waals surface area contributed by atoms with Crippen LogP contribution < -0.4 is 10.8 Å². The number of amides is 2. The maximum Gasteiger partial charge on any atom is 0.407 e. The van der Waals surface area contributed by atoms with Gasteiger partial charge >= 0.3 is 12.1 Å². The van der Waals surface area contributed by atoms with Gasteiger partial charge in [-0.3, -0.25) is 9.63 Å². The molecular weight excluding hydrogens is 388 g/mol. The van der Waals surface area contributed by atoms with E-state index >= 15 is 0 Å². The number of ether oxygens (including phenoxy) is 1. The first-order valence-electron chi connectivity index (χ1n) is 9.77. The van der Waals surface area contributed by atoms with Crippen molar-refractivity contribution >= 4 is 18.0 Å². The van der Waals surface area contributed by atoms with Gasteiger partial charge in [0.1, 0.15) is 6.61 Å². The summed E-state index contributed by atoms with van der Waals surface area (Å²) >= 11 is 0. The SMILES string of the molecule is O=C(O)CONC(=O)[C@H]1C[C@H]1CNC(=O)OCC1c2ccccc2-c2ccccc21. The smallest absolute Gasteiger partial charge is 0.407 e. The summed E-state index contributed by atoms with van der Waals surface area (Å²) in [7, 11) is 0. The molecule has 2 aliphatic rings. The van der Waals surface area contributed by atoms with Crippen LogP contribution >= 0.6 is 0 Å². The van der Waals surface area contributed by atoms with Crippen LogP contribution in [-0.4, -0.2) is 42.8 Å². The van der Waals surface area contributed by atoms with Gasteiger partial charge < -0.3 is 15.2 Å². The highest BCUT2D eigenvalue weighted by atomic mass is 16.7. The molecule has 2 aliphatic carbocycles. The predicted octanol–water partition coefficient (Wildman–Crippen LogP) is 2.29. The number of alkyl carbamates (subject to hydrolysis) is 1. The van der Waals surface area contributed by atoms with Crippen LogP contribution in [0.3, 0.4) is 0 Å². The van der Waals surface area contributed by atoms with Crippen LogP contribution in [-0.2, 0) is 19.2 Å². The van der Waals surface area contributed by atoms with Gasteiger partial charge in [-0.1, -0.05) is 48.5 Å². The minimum atomic E-state index is -1.17. The number of fused-ring (bicyclic) bond motifs is 3. The number of carbonyl (C=O) groups excluding carboxylic acids is 2. The van der Waals surface area contributed by atoms with Gasteiger partial charge in [-0.05, 0) is 34.6 Å². The molecule has 2 amide bonds. The number of carboxylic acids is 1. The fourth-order valence-corrected chi connectivity index (χ4v) is 3.90. The van der Waals surface area contributed by atoms with E-state index in [9.17, 15) is 14.4 Å². The van der Waals surface area contributed by atoms with Gasteiger partial charge in [0.25, 0.3) is 0 Å². The molecule has 2 atom stereocenters. The third kappa shape index (κ3) is 4.28. The Hall–Kier alpha value is -3.39. The van der Waals surface area contributed by atoms with E-state index in [0.717, 1.165) is 11.1 Å². The average Bonchev–Trinajstić information content (AvgIpc) is 3.46. The zero-order valence-corrected chi connectivity index (χ0v) is 16.2. The molecule has 3 N–H and O–H groups in total. The minimum Gasteiger partial charge on any atom is -0.479 e. The first-order chi connectivity index (χ1) is 14.5. The molecule has 0 bridgehead atoms.